The van der Waals surface area contributed by atoms with Crippen LogP contribution in [-0.4, -0.2) is 32.0 Å². The third-order valence-electron chi connectivity index (χ3n) is 4.94. The molecular formula is C23H22N2O5S. The van der Waals surface area contributed by atoms with E-state index in [2.05, 4.69) is 5.32 Å². The molecule has 0 saturated heterocycles. The van der Waals surface area contributed by atoms with E-state index in [-0.39, 0.29) is 11.5 Å². The summed E-state index contributed by atoms with van der Waals surface area (Å²) in [5.74, 6) is -0.423. The SMILES string of the molecule is CS(=O)(=O)c1ccc(C(=O)NCCC(c2ccccc2)c2ccccc2)cc1[N+](=O)[O-]. The van der Waals surface area contributed by atoms with Gasteiger partial charge >= 0.3 is 0 Å². The van der Waals surface area contributed by atoms with Gasteiger partial charge < -0.3 is 5.32 Å². The largest absolute Gasteiger partial charge is 0.352 e. The van der Waals surface area contributed by atoms with E-state index in [1.54, 1.807) is 0 Å². The molecule has 0 heterocycles. The van der Waals surface area contributed by atoms with Crippen molar-refractivity contribution in [3.63, 3.8) is 0 Å². The summed E-state index contributed by atoms with van der Waals surface area (Å²) in [5.41, 5.74) is 1.67. The van der Waals surface area contributed by atoms with Crippen molar-refractivity contribution < 1.29 is 18.1 Å². The van der Waals surface area contributed by atoms with Gasteiger partial charge in [-0.2, -0.15) is 0 Å². The van der Waals surface area contributed by atoms with Crippen molar-refractivity contribution in [1.82, 2.24) is 5.32 Å². The fourth-order valence-corrected chi connectivity index (χ4v) is 4.27. The number of nitro benzene ring substituents is 1. The molecule has 0 spiro atoms. The third-order valence-corrected chi connectivity index (χ3v) is 6.08. The quantitative estimate of drug-likeness (QED) is 0.423. The molecule has 0 fully saturated rings. The number of amides is 1. The molecule has 0 unspecified atom stereocenters. The number of carbonyl (C=O) groups excluding carboxylic acids is 1. The molecule has 0 aliphatic heterocycles. The van der Waals surface area contributed by atoms with Crippen LogP contribution in [0.15, 0.2) is 83.8 Å². The monoisotopic (exact) mass is 438 g/mol. The second-order valence-corrected chi connectivity index (χ2v) is 9.11. The predicted molar refractivity (Wildman–Crippen MR) is 118 cm³/mol. The van der Waals surface area contributed by atoms with Crippen LogP contribution in [0.2, 0.25) is 0 Å². The Balaban J connectivity index is 1.75. The van der Waals surface area contributed by atoms with Gasteiger partial charge in [-0.05, 0) is 29.7 Å². The van der Waals surface area contributed by atoms with Gasteiger partial charge in [-0.3, -0.25) is 14.9 Å². The van der Waals surface area contributed by atoms with E-state index in [0.29, 0.717) is 13.0 Å². The molecule has 0 aliphatic rings. The minimum absolute atomic E-state index is 0.0371. The third kappa shape index (κ3) is 5.55. The molecule has 0 aliphatic carbocycles. The van der Waals surface area contributed by atoms with E-state index in [1.165, 1.54) is 6.07 Å². The van der Waals surface area contributed by atoms with Crippen LogP contribution in [0.4, 0.5) is 5.69 Å². The normalized spacial score (nSPS) is 11.3. The van der Waals surface area contributed by atoms with Crippen LogP contribution in [0.3, 0.4) is 0 Å². The highest BCUT2D eigenvalue weighted by Gasteiger charge is 2.24. The number of rotatable bonds is 8. The molecule has 1 amide bonds. The Bertz CT molecular complexity index is 1140. The number of sulfone groups is 1. The number of hydrogen-bond donors (Lipinski definition) is 1. The first-order chi connectivity index (χ1) is 14.8. The predicted octanol–water partition coefficient (Wildman–Crippen LogP) is 3.95. The maximum Gasteiger partial charge on any atom is 0.288 e. The molecule has 0 saturated carbocycles. The van der Waals surface area contributed by atoms with Crippen LogP contribution in [0.5, 0.6) is 0 Å². The molecule has 7 nitrogen and oxygen atoms in total. The molecule has 1 N–H and O–H groups in total. The van der Waals surface area contributed by atoms with Gasteiger partial charge in [-0.1, -0.05) is 60.7 Å². The van der Waals surface area contributed by atoms with Crippen molar-refractivity contribution in [2.24, 2.45) is 0 Å². The molecule has 3 rings (SSSR count). The zero-order chi connectivity index (χ0) is 22.4. The van der Waals surface area contributed by atoms with Crippen molar-refractivity contribution in [3.8, 4) is 0 Å². The fourth-order valence-electron chi connectivity index (χ4n) is 3.44. The average molecular weight is 439 g/mol. The summed E-state index contributed by atoms with van der Waals surface area (Å²) in [7, 11) is -3.78. The van der Waals surface area contributed by atoms with E-state index in [4.69, 9.17) is 0 Å². The lowest BCUT2D eigenvalue weighted by Gasteiger charge is -2.18. The molecule has 8 heteroatoms. The first-order valence-corrected chi connectivity index (χ1v) is 11.5. The second kappa shape index (κ2) is 9.53. The van der Waals surface area contributed by atoms with Crippen LogP contribution in [0.25, 0.3) is 0 Å². The molecule has 3 aromatic rings. The molecule has 0 bridgehead atoms. The zero-order valence-electron chi connectivity index (χ0n) is 16.9. The summed E-state index contributed by atoms with van der Waals surface area (Å²) in [6.45, 7) is 0.342. The van der Waals surface area contributed by atoms with Gasteiger partial charge in [0.25, 0.3) is 11.6 Å². The van der Waals surface area contributed by atoms with Crippen molar-refractivity contribution in [2.75, 3.05) is 12.8 Å². The Hall–Kier alpha value is -3.52. The van der Waals surface area contributed by atoms with Gasteiger partial charge in [0.2, 0.25) is 0 Å². The summed E-state index contributed by atoms with van der Waals surface area (Å²) in [5, 5.41) is 14.1. The van der Waals surface area contributed by atoms with Gasteiger partial charge in [0.1, 0.15) is 4.90 Å². The lowest BCUT2D eigenvalue weighted by atomic mass is 9.88. The van der Waals surface area contributed by atoms with E-state index >= 15 is 0 Å². The molecule has 3 aromatic carbocycles. The average Bonchev–Trinajstić information content (AvgIpc) is 2.76. The number of nitro groups is 1. The van der Waals surface area contributed by atoms with Crippen LogP contribution in [0.1, 0.15) is 33.8 Å². The number of carbonyl (C=O) groups is 1. The highest BCUT2D eigenvalue weighted by atomic mass is 32.2. The lowest BCUT2D eigenvalue weighted by Crippen LogP contribution is -2.26. The van der Waals surface area contributed by atoms with Crippen molar-refractivity contribution in [1.29, 1.82) is 0 Å². The number of hydrogen-bond acceptors (Lipinski definition) is 5. The topological polar surface area (TPSA) is 106 Å². The molecular weight excluding hydrogens is 416 g/mol. The standard InChI is InChI=1S/C23H22N2O5S/c1-31(29,30)22-13-12-19(16-21(22)25(27)28)23(26)24-15-14-20(17-8-4-2-5-9-17)18-10-6-3-7-11-18/h2-13,16,20H,14-15H2,1H3,(H,24,26). The Kier molecular flexibility index (Phi) is 6.81. The minimum atomic E-state index is -3.78. The second-order valence-electron chi connectivity index (χ2n) is 7.13. The van der Waals surface area contributed by atoms with Gasteiger partial charge in [0.15, 0.2) is 9.84 Å². The van der Waals surface area contributed by atoms with Gasteiger partial charge in [0, 0.05) is 30.3 Å². The number of nitrogens with zero attached hydrogens (tertiary/aromatic N) is 1. The zero-order valence-corrected chi connectivity index (χ0v) is 17.7. The fraction of sp³-hybridized carbons (Fsp3) is 0.174. The van der Waals surface area contributed by atoms with E-state index in [9.17, 15) is 23.3 Å². The first kappa shape index (κ1) is 22.2. The number of benzene rings is 3. The van der Waals surface area contributed by atoms with Crippen LogP contribution in [-0.2, 0) is 9.84 Å². The molecule has 160 valence electrons. The Morgan fingerprint density at radius 2 is 1.52 bits per heavy atom. The highest BCUT2D eigenvalue weighted by molar-refractivity contribution is 7.90. The van der Waals surface area contributed by atoms with Crippen molar-refractivity contribution >= 4 is 21.4 Å². The molecule has 0 radical (unpaired) electrons. The van der Waals surface area contributed by atoms with Crippen molar-refractivity contribution in [2.45, 2.75) is 17.2 Å². The summed E-state index contributed by atoms with van der Waals surface area (Å²) in [6.07, 6.45) is 1.52. The summed E-state index contributed by atoms with van der Waals surface area (Å²) in [6, 6.07) is 23.3. The Labute approximate surface area is 180 Å². The van der Waals surface area contributed by atoms with Gasteiger partial charge in [-0.15, -0.1) is 0 Å². The van der Waals surface area contributed by atoms with E-state index in [0.717, 1.165) is 29.5 Å². The smallest absolute Gasteiger partial charge is 0.288 e. The lowest BCUT2D eigenvalue weighted by molar-refractivity contribution is -0.387. The highest BCUT2D eigenvalue weighted by Crippen LogP contribution is 2.28. The van der Waals surface area contributed by atoms with Crippen LogP contribution >= 0.6 is 0 Å². The van der Waals surface area contributed by atoms with Gasteiger partial charge in [0.05, 0.1) is 4.92 Å². The molecule has 0 atom stereocenters. The number of nitrogens with one attached hydrogen (secondary N) is 1. The summed E-state index contributed by atoms with van der Waals surface area (Å²) in [4.78, 5) is 22.6. The molecule has 31 heavy (non-hydrogen) atoms. The summed E-state index contributed by atoms with van der Waals surface area (Å²) < 4.78 is 23.5. The molecule has 0 aromatic heterocycles. The van der Waals surface area contributed by atoms with Gasteiger partial charge in [-0.25, -0.2) is 8.42 Å². The van der Waals surface area contributed by atoms with E-state index < -0.39 is 31.3 Å². The minimum Gasteiger partial charge on any atom is -0.352 e. The summed E-state index contributed by atoms with van der Waals surface area (Å²) >= 11 is 0. The Morgan fingerprint density at radius 3 is 2.00 bits per heavy atom. The van der Waals surface area contributed by atoms with Crippen molar-refractivity contribution in [3.05, 3.63) is 106 Å². The maximum atomic E-state index is 12.6. The maximum absolute atomic E-state index is 12.6. The van der Waals surface area contributed by atoms with Crippen LogP contribution < -0.4 is 5.32 Å². The van der Waals surface area contributed by atoms with E-state index in [1.807, 2.05) is 60.7 Å². The Morgan fingerprint density at radius 1 is 0.968 bits per heavy atom. The first-order valence-electron chi connectivity index (χ1n) is 9.64. The van der Waals surface area contributed by atoms with Crippen LogP contribution in [0, 0.1) is 10.1 Å².